The van der Waals surface area contributed by atoms with Gasteiger partial charge in [-0.3, -0.25) is 20.1 Å². The van der Waals surface area contributed by atoms with Crippen LogP contribution in [-0.2, 0) is 15.1 Å². The van der Waals surface area contributed by atoms with Crippen LogP contribution < -0.4 is 10.6 Å². The van der Waals surface area contributed by atoms with Gasteiger partial charge < -0.3 is 15.4 Å². The SMILES string of the molecule is CC(C)(C)C[C@]1(c2ccc3nc(C4CC4)ccc3c2)NC(=N)N([C@H](COC(=O)NC2(C(F)(F)F)CC2)c2ccc(Cl)c(-n3ncnc3C(F)F)c2)C1=O. The second-order valence-corrected chi connectivity index (χ2v) is 15.5. The van der Waals surface area contributed by atoms with Crippen molar-refractivity contribution in [3.05, 3.63) is 82.5 Å². The van der Waals surface area contributed by atoms with Gasteiger partial charge in [-0.15, -0.1) is 0 Å². The Morgan fingerprint density at radius 3 is 2.49 bits per heavy atom. The average Bonchev–Trinajstić information content (AvgIpc) is 4.01. The van der Waals surface area contributed by atoms with Crippen LogP contribution in [0.15, 0.2) is 54.9 Å². The number of carbonyl (C=O) groups excluding carboxylic acids is 2. The van der Waals surface area contributed by atoms with Crippen LogP contribution >= 0.6 is 11.6 Å². The fourth-order valence-electron chi connectivity index (χ4n) is 6.94. The molecule has 1 aliphatic heterocycles. The lowest BCUT2D eigenvalue weighted by atomic mass is 9.75. The third kappa shape index (κ3) is 6.88. The topological polar surface area (TPSA) is 138 Å². The predicted octanol–water partition coefficient (Wildman–Crippen LogP) is 7.84. The molecule has 2 aliphatic carbocycles. The van der Waals surface area contributed by atoms with Gasteiger partial charge in [-0.05, 0) is 79.0 Å². The Kier molecular flexibility index (Phi) is 8.90. The number of hydrogen-bond donors (Lipinski definition) is 3. The van der Waals surface area contributed by atoms with E-state index in [9.17, 15) is 26.7 Å². The van der Waals surface area contributed by atoms with Gasteiger partial charge in [-0.1, -0.05) is 50.6 Å². The van der Waals surface area contributed by atoms with Crippen molar-refractivity contribution in [2.24, 2.45) is 5.41 Å². The van der Waals surface area contributed by atoms with E-state index in [1.807, 2.05) is 50.4 Å². The van der Waals surface area contributed by atoms with Gasteiger partial charge in [0.05, 0.1) is 22.3 Å². The highest BCUT2D eigenvalue weighted by Crippen LogP contribution is 2.49. The Morgan fingerprint density at radius 1 is 1.11 bits per heavy atom. The van der Waals surface area contributed by atoms with E-state index in [0.717, 1.165) is 45.3 Å². The molecule has 2 atom stereocenters. The highest BCUT2D eigenvalue weighted by atomic mass is 35.5. The third-order valence-corrected chi connectivity index (χ3v) is 10.1. The van der Waals surface area contributed by atoms with Gasteiger partial charge in [-0.2, -0.15) is 18.3 Å². The predicted molar refractivity (Wildman–Crippen MR) is 184 cm³/mol. The van der Waals surface area contributed by atoms with Crippen molar-refractivity contribution in [3.8, 4) is 5.69 Å². The van der Waals surface area contributed by atoms with Crippen LogP contribution in [0.2, 0.25) is 5.02 Å². The number of halogens is 6. The van der Waals surface area contributed by atoms with Crippen LogP contribution in [0, 0.1) is 10.8 Å². The minimum absolute atomic E-state index is 0.0166. The van der Waals surface area contributed by atoms with Crippen LogP contribution in [0.4, 0.5) is 26.7 Å². The van der Waals surface area contributed by atoms with Crippen LogP contribution in [0.1, 0.15) is 93.9 Å². The summed E-state index contributed by atoms with van der Waals surface area (Å²) in [5.74, 6) is -1.27. The van der Waals surface area contributed by atoms with Crippen molar-refractivity contribution in [1.29, 1.82) is 5.41 Å². The average molecular weight is 759 g/mol. The zero-order valence-electron chi connectivity index (χ0n) is 28.9. The van der Waals surface area contributed by atoms with Gasteiger partial charge in [0.25, 0.3) is 12.3 Å². The van der Waals surface area contributed by atoms with Gasteiger partial charge in [0, 0.05) is 17.0 Å². The number of alkyl carbamates (subject to hydrolysis) is 1. The minimum Gasteiger partial charge on any atom is -0.447 e. The Morgan fingerprint density at radius 2 is 1.85 bits per heavy atom. The lowest BCUT2D eigenvalue weighted by molar-refractivity contribution is -0.164. The standard InChI is InChI=1S/C36H36ClF5N8O3/c1-33(2,3)17-35(22-8-11-25-20(14-22)7-10-24(46-25)19-4-5-19)30(51)49(31(43)47-35)27(16-53-32(52)48-34(12-13-34)36(40,41)42)21-6-9-23(37)26(15-21)50-29(28(38)39)44-18-45-50/h6-11,14-15,18-19,27-28H,4-5,12-13,16-17H2,1-3H3,(H2,43,47)(H,48,52)/t27-,35-/m1/s1. The van der Waals surface area contributed by atoms with Crippen molar-refractivity contribution in [3.63, 3.8) is 0 Å². The number of fused-ring (bicyclic) bond motifs is 1. The molecule has 2 amide bonds. The van der Waals surface area contributed by atoms with E-state index in [4.69, 9.17) is 26.7 Å². The number of rotatable bonds is 10. The lowest BCUT2D eigenvalue weighted by Crippen LogP contribution is -2.49. The quantitative estimate of drug-likeness (QED) is 0.140. The molecule has 17 heteroatoms. The Balaban J connectivity index is 1.29. The molecule has 2 aromatic heterocycles. The fraction of sp³-hybridized carbons (Fsp3) is 0.444. The van der Waals surface area contributed by atoms with E-state index in [1.165, 1.54) is 18.2 Å². The summed E-state index contributed by atoms with van der Waals surface area (Å²) in [7, 11) is 0. The highest BCUT2D eigenvalue weighted by Gasteiger charge is 2.64. The molecule has 1 saturated heterocycles. The molecule has 3 fully saturated rings. The van der Waals surface area contributed by atoms with Gasteiger partial charge in [0.15, 0.2) is 11.8 Å². The van der Waals surface area contributed by atoms with E-state index in [1.54, 1.807) is 6.07 Å². The maximum Gasteiger partial charge on any atom is 0.411 e. The molecule has 11 nitrogen and oxygen atoms in total. The van der Waals surface area contributed by atoms with Crippen molar-refractivity contribution >= 4 is 40.5 Å². The number of guanidine groups is 1. The normalized spacial score (nSPS) is 20.5. The van der Waals surface area contributed by atoms with E-state index >= 15 is 4.79 Å². The number of benzene rings is 2. The number of alkyl halides is 5. The Labute approximate surface area is 305 Å². The molecule has 53 heavy (non-hydrogen) atoms. The van der Waals surface area contributed by atoms with Crippen LogP contribution in [0.25, 0.3) is 16.6 Å². The molecule has 2 aromatic carbocycles. The van der Waals surface area contributed by atoms with Gasteiger partial charge >= 0.3 is 12.3 Å². The van der Waals surface area contributed by atoms with Crippen LogP contribution in [-0.4, -0.2) is 60.9 Å². The Hall–Kier alpha value is -4.86. The lowest BCUT2D eigenvalue weighted by Gasteiger charge is -2.35. The first-order valence-electron chi connectivity index (χ1n) is 17.0. The first-order valence-corrected chi connectivity index (χ1v) is 17.4. The fourth-order valence-corrected chi connectivity index (χ4v) is 7.14. The third-order valence-electron chi connectivity index (χ3n) is 9.82. The van der Waals surface area contributed by atoms with Crippen molar-refractivity contribution in [2.75, 3.05) is 6.61 Å². The number of nitrogens with one attached hydrogen (secondary N) is 3. The molecular weight excluding hydrogens is 723 g/mol. The molecule has 0 spiro atoms. The summed E-state index contributed by atoms with van der Waals surface area (Å²) < 4.78 is 74.9. The molecule has 0 unspecified atom stereocenters. The summed E-state index contributed by atoms with van der Waals surface area (Å²) in [6, 6.07) is 12.1. The second-order valence-electron chi connectivity index (χ2n) is 15.1. The van der Waals surface area contributed by atoms with Crippen molar-refractivity contribution < 1.29 is 36.3 Å². The largest absolute Gasteiger partial charge is 0.447 e. The maximum absolute atomic E-state index is 15.0. The molecular formula is C36H36ClF5N8O3. The smallest absolute Gasteiger partial charge is 0.411 e. The number of ether oxygens (including phenoxy) is 1. The maximum atomic E-state index is 15.0. The summed E-state index contributed by atoms with van der Waals surface area (Å²) in [6.07, 6.45) is -6.49. The molecule has 280 valence electrons. The van der Waals surface area contributed by atoms with E-state index < -0.39 is 59.6 Å². The van der Waals surface area contributed by atoms with E-state index in [0.29, 0.717) is 11.5 Å². The molecule has 2 saturated carbocycles. The summed E-state index contributed by atoms with van der Waals surface area (Å²) in [4.78, 5) is 37.4. The summed E-state index contributed by atoms with van der Waals surface area (Å²) >= 11 is 6.44. The zero-order valence-corrected chi connectivity index (χ0v) is 29.7. The van der Waals surface area contributed by atoms with Crippen LogP contribution in [0.5, 0.6) is 0 Å². The first-order chi connectivity index (χ1) is 24.9. The molecule has 3 heterocycles. The molecule has 7 rings (SSSR count). The second kappa shape index (κ2) is 12.9. The molecule has 4 aromatic rings. The highest BCUT2D eigenvalue weighted by molar-refractivity contribution is 6.32. The zero-order chi connectivity index (χ0) is 38.1. The Bertz CT molecular complexity index is 2110. The first kappa shape index (κ1) is 36.5. The van der Waals surface area contributed by atoms with Crippen LogP contribution in [0.3, 0.4) is 0 Å². The molecule has 3 N–H and O–H groups in total. The number of nitrogens with zero attached hydrogens (tertiary/aromatic N) is 5. The van der Waals surface area contributed by atoms with Gasteiger partial charge in [-0.25, -0.2) is 23.2 Å². The molecule has 3 aliphatic rings. The summed E-state index contributed by atoms with van der Waals surface area (Å²) in [5, 5.41) is 18.8. The number of hydrogen-bond acceptors (Lipinski definition) is 7. The van der Waals surface area contributed by atoms with Gasteiger partial charge in [0.2, 0.25) is 0 Å². The summed E-state index contributed by atoms with van der Waals surface area (Å²) in [6.45, 7) is 5.09. The molecule has 0 radical (unpaired) electrons. The van der Waals surface area contributed by atoms with E-state index in [2.05, 4.69) is 15.4 Å². The number of pyridine rings is 1. The number of carbonyl (C=O) groups is 2. The molecule has 0 bridgehead atoms. The van der Waals surface area contributed by atoms with Gasteiger partial charge in [0.1, 0.15) is 24.0 Å². The number of amides is 2. The monoisotopic (exact) mass is 758 g/mol. The number of aromatic nitrogens is 4. The van der Waals surface area contributed by atoms with E-state index in [-0.39, 0.29) is 41.5 Å². The van der Waals surface area contributed by atoms with Crippen molar-refractivity contribution in [1.82, 2.24) is 35.3 Å². The van der Waals surface area contributed by atoms with Crippen molar-refractivity contribution in [2.45, 2.75) is 88.5 Å². The minimum atomic E-state index is -4.71. The summed E-state index contributed by atoms with van der Waals surface area (Å²) in [5.41, 5.74) is -2.04.